The van der Waals surface area contributed by atoms with Crippen LogP contribution in [0.4, 0.5) is 5.69 Å². The first-order chi connectivity index (χ1) is 14.4. The maximum absolute atomic E-state index is 12.8. The van der Waals surface area contributed by atoms with Gasteiger partial charge >= 0.3 is 0 Å². The van der Waals surface area contributed by atoms with Gasteiger partial charge in [-0.2, -0.15) is 0 Å². The predicted octanol–water partition coefficient (Wildman–Crippen LogP) is 5.74. The average Bonchev–Trinajstić information content (AvgIpc) is 3.27. The Hall–Kier alpha value is -2.44. The van der Waals surface area contributed by atoms with Crippen LogP contribution in [0.3, 0.4) is 0 Å². The molecule has 1 aliphatic heterocycles. The number of phenolic OH excluding ortho intramolecular Hbond substituents is 1. The summed E-state index contributed by atoms with van der Waals surface area (Å²) in [5.41, 5.74) is 1.39. The standard InChI is InChI=1S/C22H17Cl3N2O3/c23-14-3-1-13(2-4-14)21(29)17-11-16(5-6-20(17)28)30-22-18(24)9-15(10-19(22)25)27-8-7-26-12-27/h1-6,9-11,26,28H,7-8,12H2. The van der Waals surface area contributed by atoms with Gasteiger partial charge in [0.2, 0.25) is 0 Å². The van der Waals surface area contributed by atoms with Gasteiger partial charge in [0.1, 0.15) is 11.5 Å². The summed E-state index contributed by atoms with van der Waals surface area (Å²) in [4.78, 5) is 14.9. The minimum Gasteiger partial charge on any atom is -0.507 e. The molecule has 3 aromatic carbocycles. The molecule has 2 N–H and O–H groups in total. The van der Waals surface area contributed by atoms with E-state index in [1.807, 2.05) is 0 Å². The molecule has 154 valence electrons. The van der Waals surface area contributed by atoms with E-state index in [2.05, 4.69) is 10.2 Å². The van der Waals surface area contributed by atoms with Crippen LogP contribution in [0.1, 0.15) is 15.9 Å². The SMILES string of the molecule is O=C(c1ccc(Cl)cc1)c1cc(Oc2c(Cl)cc(N3CCNC3)cc2Cl)ccc1O. The monoisotopic (exact) mass is 462 g/mol. The lowest BCUT2D eigenvalue weighted by Gasteiger charge is -2.19. The van der Waals surface area contributed by atoms with E-state index in [0.717, 1.165) is 25.4 Å². The Balaban J connectivity index is 1.62. The zero-order valence-electron chi connectivity index (χ0n) is 15.7. The number of rotatable bonds is 5. The molecule has 3 aromatic rings. The number of aromatic hydroxyl groups is 1. The second-order valence-corrected chi connectivity index (χ2v) is 8.03. The van der Waals surface area contributed by atoms with Crippen molar-refractivity contribution in [1.29, 1.82) is 0 Å². The van der Waals surface area contributed by atoms with Gasteiger partial charge in [-0.3, -0.25) is 10.1 Å². The predicted molar refractivity (Wildman–Crippen MR) is 120 cm³/mol. The summed E-state index contributed by atoms with van der Waals surface area (Å²) in [6.45, 7) is 2.48. The van der Waals surface area contributed by atoms with E-state index in [4.69, 9.17) is 39.5 Å². The van der Waals surface area contributed by atoms with Crippen molar-refractivity contribution < 1.29 is 14.6 Å². The van der Waals surface area contributed by atoms with E-state index < -0.39 is 0 Å². The molecule has 0 bridgehead atoms. The Bertz CT molecular complexity index is 1070. The molecular formula is C22H17Cl3N2O3. The van der Waals surface area contributed by atoms with Crippen molar-refractivity contribution in [2.75, 3.05) is 24.7 Å². The topological polar surface area (TPSA) is 61.8 Å². The largest absolute Gasteiger partial charge is 0.507 e. The average molecular weight is 464 g/mol. The highest BCUT2D eigenvalue weighted by Gasteiger charge is 2.19. The van der Waals surface area contributed by atoms with E-state index in [1.165, 1.54) is 12.1 Å². The molecule has 1 heterocycles. The number of benzene rings is 3. The summed E-state index contributed by atoms with van der Waals surface area (Å²) in [5.74, 6) is 0.0920. The number of halogens is 3. The van der Waals surface area contributed by atoms with Crippen LogP contribution < -0.4 is 15.0 Å². The number of anilines is 1. The maximum atomic E-state index is 12.8. The van der Waals surface area contributed by atoms with Crippen molar-refractivity contribution in [2.24, 2.45) is 0 Å². The fourth-order valence-corrected chi connectivity index (χ4v) is 3.87. The minimum absolute atomic E-state index is 0.0989. The number of nitrogens with one attached hydrogen (secondary N) is 1. The van der Waals surface area contributed by atoms with Crippen molar-refractivity contribution in [3.05, 3.63) is 80.8 Å². The summed E-state index contributed by atoms with van der Waals surface area (Å²) in [5, 5.41) is 14.7. The van der Waals surface area contributed by atoms with Gasteiger partial charge in [-0.05, 0) is 54.6 Å². The molecule has 1 saturated heterocycles. The highest BCUT2D eigenvalue weighted by molar-refractivity contribution is 6.37. The number of ether oxygens (including phenoxy) is 1. The number of hydrogen-bond acceptors (Lipinski definition) is 5. The normalized spacial score (nSPS) is 13.5. The fraction of sp³-hybridized carbons (Fsp3) is 0.136. The summed E-state index contributed by atoms with van der Waals surface area (Å²) in [7, 11) is 0. The molecule has 0 spiro atoms. The first-order valence-corrected chi connectivity index (χ1v) is 10.3. The lowest BCUT2D eigenvalue weighted by Crippen LogP contribution is -2.20. The molecule has 0 atom stereocenters. The van der Waals surface area contributed by atoms with Gasteiger partial charge in [0, 0.05) is 29.4 Å². The highest BCUT2D eigenvalue weighted by Crippen LogP contribution is 2.40. The van der Waals surface area contributed by atoms with Crippen LogP contribution >= 0.6 is 34.8 Å². The Morgan fingerprint density at radius 1 is 1.00 bits per heavy atom. The molecule has 4 rings (SSSR count). The van der Waals surface area contributed by atoms with Gasteiger partial charge in [-0.1, -0.05) is 34.8 Å². The lowest BCUT2D eigenvalue weighted by atomic mass is 10.0. The van der Waals surface area contributed by atoms with Gasteiger partial charge in [-0.25, -0.2) is 0 Å². The molecule has 0 aliphatic carbocycles. The number of ketones is 1. The fourth-order valence-electron chi connectivity index (χ4n) is 3.19. The molecule has 0 saturated carbocycles. The van der Waals surface area contributed by atoms with Crippen LogP contribution in [0.15, 0.2) is 54.6 Å². The second kappa shape index (κ2) is 8.74. The zero-order valence-corrected chi connectivity index (χ0v) is 17.9. The number of nitrogens with zero attached hydrogens (tertiary/aromatic N) is 1. The van der Waals surface area contributed by atoms with Crippen molar-refractivity contribution in [3.63, 3.8) is 0 Å². The Morgan fingerprint density at radius 2 is 1.70 bits per heavy atom. The van der Waals surface area contributed by atoms with Crippen LogP contribution in [0.5, 0.6) is 17.2 Å². The third-order valence-electron chi connectivity index (χ3n) is 4.75. The summed E-state index contributed by atoms with van der Waals surface area (Å²) >= 11 is 18.7. The molecule has 8 heteroatoms. The second-order valence-electron chi connectivity index (χ2n) is 6.78. The number of carbonyl (C=O) groups excluding carboxylic acids is 1. The third-order valence-corrected chi connectivity index (χ3v) is 5.56. The smallest absolute Gasteiger partial charge is 0.196 e. The lowest BCUT2D eigenvalue weighted by molar-refractivity contribution is 0.103. The van der Waals surface area contributed by atoms with Crippen molar-refractivity contribution in [3.8, 4) is 17.2 Å². The zero-order chi connectivity index (χ0) is 21.3. The van der Waals surface area contributed by atoms with Crippen molar-refractivity contribution in [1.82, 2.24) is 5.32 Å². The first-order valence-electron chi connectivity index (χ1n) is 9.18. The van der Waals surface area contributed by atoms with E-state index in [9.17, 15) is 9.90 Å². The van der Waals surface area contributed by atoms with Crippen LogP contribution in [-0.2, 0) is 0 Å². The molecule has 30 heavy (non-hydrogen) atoms. The summed E-state index contributed by atoms with van der Waals surface area (Å²) in [6, 6.07) is 14.4. The van der Waals surface area contributed by atoms with Crippen LogP contribution in [-0.4, -0.2) is 30.6 Å². The van der Waals surface area contributed by atoms with E-state index in [0.29, 0.717) is 26.4 Å². The van der Waals surface area contributed by atoms with E-state index >= 15 is 0 Å². The van der Waals surface area contributed by atoms with Gasteiger partial charge in [0.05, 0.1) is 22.3 Å². The molecule has 0 aromatic heterocycles. The van der Waals surface area contributed by atoms with Crippen molar-refractivity contribution in [2.45, 2.75) is 0 Å². The van der Waals surface area contributed by atoms with Gasteiger partial charge in [-0.15, -0.1) is 0 Å². The van der Waals surface area contributed by atoms with Crippen molar-refractivity contribution >= 4 is 46.3 Å². The van der Waals surface area contributed by atoms with Gasteiger partial charge in [0.25, 0.3) is 0 Å². The van der Waals surface area contributed by atoms with Gasteiger partial charge in [0.15, 0.2) is 11.5 Å². The summed E-state index contributed by atoms with van der Waals surface area (Å²) in [6.07, 6.45) is 0. The quantitative estimate of drug-likeness (QED) is 0.472. The number of carbonyl (C=O) groups is 1. The van der Waals surface area contributed by atoms with Crippen LogP contribution in [0, 0.1) is 0 Å². The summed E-state index contributed by atoms with van der Waals surface area (Å²) < 4.78 is 5.88. The molecule has 5 nitrogen and oxygen atoms in total. The minimum atomic E-state index is -0.358. The molecule has 0 amide bonds. The molecule has 1 fully saturated rings. The van der Waals surface area contributed by atoms with Gasteiger partial charge < -0.3 is 14.7 Å². The van der Waals surface area contributed by atoms with E-state index in [-0.39, 0.29) is 22.8 Å². The van der Waals surface area contributed by atoms with E-state index in [1.54, 1.807) is 42.5 Å². The number of phenols is 1. The third kappa shape index (κ3) is 4.35. The Kier molecular flexibility index (Phi) is 6.06. The number of hydrogen-bond donors (Lipinski definition) is 2. The van der Waals surface area contributed by atoms with Crippen LogP contribution in [0.25, 0.3) is 0 Å². The maximum Gasteiger partial charge on any atom is 0.196 e. The molecule has 1 aliphatic rings. The highest BCUT2D eigenvalue weighted by atomic mass is 35.5. The Morgan fingerprint density at radius 3 is 2.33 bits per heavy atom. The molecular weight excluding hydrogens is 447 g/mol. The molecule has 0 unspecified atom stereocenters. The first kappa shape index (κ1) is 20.8. The van der Waals surface area contributed by atoms with Crippen LogP contribution in [0.2, 0.25) is 15.1 Å². The molecule has 0 radical (unpaired) electrons. The Labute approximate surface area is 188 Å².